The lowest BCUT2D eigenvalue weighted by Crippen LogP contribution is -2.33. The Hall–Kier alpha value is -3.81. The van der Waals surface area contributed by atoms with E-state index in [9.17, 15) is 19.5 Å². The molecule has 0 unspecified atom stereocenters. The van der Waals surface area contributed by atoms with Crippen LogP contribution in [0.4, 0.5) is 10.5 Å². The molecule has 4 rings (SSSR count). The number of hydrogen-bond donors (Lipinski definition) is 3. The van der Waals surface area contributed by atoms with Crippen molar-refractivity contribution < 1.29 is 19.5 Å². The predicted molar refractivity (Wildman–Crippen MR) is 127 cm³/mol. The molecule has 0 aliphatic rings. The highest BCUT2D eigenvalue weighted by molar-refractivity contribution is 6.42. The molecule has 3 N–H and O–H groups in total. The number of halogens is 2. The molecule has 1 aromatic heterocycles. The second-order valence-electron chi connectivity index (χ2n) is 7.26. The Bertz CT molecular complexity index is 1410. The molecule has 0 saturated carbocycles. The minimum absolute atomic E-state index is 0.0204. The van der Waals surface area contributed by atoms with E-state index >= 15 is 0 Å². The van der Waals surface area contributed by atoms with Gasteiger partial charge in [-0.3, -0.25) is 14.9 Å². The number of anilines is 1. The quantitative estimate of drug-likeness (QED) is 0.353. The van der Waals surface area contributed by atoms with Crippen LogP contribution in [0, 0.1) is 6.92 Å². The Morgan fingerprint density at radius 3 is 2.27 bits per heavy atom. The number of fused-ring (bicyclic) bond motifs is 1. The Morgan fingerprint density at radius 1 is 0.848 bits per heavy atom. The highest BCUT2D eigenvalue weighted by atomic mass is 35.5. The zero-order chi connectivity index (χ0) is 23.7. The Morgan fingerprint density at radius 2 is 1.58 bits per heavy atom. The SMILES string of the molecule is Cc1ccc2c(c1)c(NC(=O)c1ccc(Cl)c(Cl)c1)c(O)n2C(=O)NC(=O)c1ccccc1. The van der Waals surface area contributed by atoms with Crippen molar-refractivity contribution >= 4 is 57.6 Å². The van der Waals surface area contributed by atoms with E-state index in [-0.39, 0.29) is 21.8 Å². The molecule has 7 nitrogen and oxygen atoms in total. The number of rotatable bonds is 3. The number of imide groups is 1. The van der Waals surface area contributed by atoms with E-state index in [1.165, 1.54) is 18.2 Å². The highest BCUT2D eigenvalue weighted by Gasteiger charge is 2.24. The number of benzene rings is 3. The molecule has 1 heterocycles. The van der Waals surface area contributed by atoms with Crippen molar-refractivity contribution in [1.82, 2.24) is 9.88 Å². The van der Waals surface area contributed by atoms with Crippen molar-refractivity contribution in [2.24, 2.45) is 0 Å². The Labute approximate surface area is 198 Å². The molecule has 0 radical (unpaired) electrons. The number of aryl methyl sites for hydroxylation is 1. The Balaban J connectivity index is 1.72. The number of aromatic nitrogens is 1. The second kappa shape index (κ2) is 8.97. The van der Waals surface area contributed by atoms with Crippen LogP contribution in [0.5, 0.6) is 5.88 Å². The summed E-state index contributed by atoms with van der Waals surface area (Å²) in [6.07, 6.45) is 0. The van der Waals surface area contributed by atoms with Gasteiger partial charge in [-0.2, -0.15) is 0 Å². The second-order valence-corrected chi connectivity index (χ2v) is 8.08. The summed E-state index contributed by atoms with van der Waals surface area (Å²) in [6, 6.07) is 16.8. The van der Waals surface area contributed by atoms with E-state index in [1.807, 2.05) is 6.92 Å². The summed E-state index contributed by atoms with van der Waals surface area (Å²) in [4.78, 5) is 38.2. The van der Waals surface area contributed by atoms with Gasteiger partial charge in [-0.05, 0) is 49.4 Å². The summed E-state index contributed by atoms with van der Waals surface area (Å²) in [5.74, 6) is -1.72. The van der Waals surface area contributed by atoms with Crippen LogP contribution in [0.1, 0.15) is 26.3 Å². The first-order valence-corrected chi connectivity index (χ1v) is 10.5. The van der Waals surface area contributed by atoms with Crippen molar-refractivity contribution in [2.45, 2.75) is 6.92 Å². The molecule has 4 aromatic rings. The van der Waals surface area contributed by atoms with Crippen LogP contribution in [-0.2, 0) is 0 Å². The number of carbonyl (C=O) groups excluding carboxylic acids is 3. The van der Waals surface area contributed by atoms with Gasteiger partial charge in [0.1, 0.15) is 5.69 Å². The van der Waals surface area contributed by atoms with Gasteiger partial charge in [-0.15, -0.1) is 0 Å². The van der Waals surface area contributed by atoms with Crippen LogP contribution in [-0.4, -0.2) is 27.5 Å². The fraction of sp³-hybridized carbons (Fsp3) is 0.0417. The first-order valence-electron chi connectivity index (χ1n) is 9.77. The van der Waals surface area contributed by atoms with Gasteiger partial charge in [0.15, 0.2) is 0 Å². The summed E-state index contributed by atoms with van der Waals surface area (Å²) in [6.45, 7) is 1.83. The summed E-state index contributed by atoms with van der Waals surface area (Å²) in [7, 11) is 0. The molecule has 0 bridgehead atoms. The lowest BCUT2D eigenvalue weighted by Gasteiger charge is -2.08. The summed E-state index contributed by atoms with van der Waals surface area (Å²) < 4.78 is 0.931. The third kappa shape index (κ3) is 4.41. The molecule has 3 aromatic carbocycles. The smallest absolute Gasteiger partial charge is 0.335 e. The van der Waals surface area contributed by atoms with Crippen molar-refractivity contribution in [3.8, 4) is 5.88 Å². The van der Waals surface area contributed by atoms with Crippen LogP contribution < -0.4 is 10.6 Å². The third-order valence-corrected chi connectivity index (χ3v) is 5.72. The number of aromatic hydroxyl groups is 1. The number of nitrogens with zero attached hydrogens (tertiary/aromatic N) is 1. The van der Waals surface area contributed by atoms with Gasteiger partial charge in [0, 0.05) is 16.5 Å². The average molecular weight is 482 g/mol. The van der Waals surface area contributed by atoms with Gasteiger partial charge in [0.05, 0.1) is 15.6 Å². The maximum atomic E-state index is 12.9. The van der Waals surface area contributed by atoms with Gasteiger partial charge in [-0.1, -0.05) is 53.0 Å². The third-order valence-electron chi connectivity index (χ3n) is 4.98. The summed E-state index contributed by atoms with van der Waals surface area (Å²) >= 11 is 11.9. The molecule has 0 spiro atoms. The van der Waals surface area contributed by atoms with Gasteiger partial charge < -0.3 is 10.4 Å². The van der Waals surface area contributed by atoms with Gasteiger partial charge >= 0.3 is 6.03 Å². The molecule has 9 heteroatoms. The lowest BCUT2D eigenvalue weighted by molar-refractivity contribution is 0.0962. The number of amides is 3. The molecular weight excluding hydrogens is 465 g/mol. The standard InChI is InChI=1S/C24H17Cl2N3O4/c1-13-7-10-19-16(11-13)20(27-22(31)15-8-9-17(25)18(26)12-15)23(32)29(19)24(33)28-21(30)14-5-3-2-4-6-14/h2-12,32H,1H3,(H,27,31)(H,28,30,33). The van der Waals surface area contributed by atoms with E-state index in [2.05, 4.69) is 10.6 Å². The van der Waals surface area contributed by atoms with E-state index in [0.717, 1.165) is 10.1 Å². The fourth-order valence-corrected chi connectivity index (χ4v) is 3.66. The monoisotopic (exact) mass is 481 g/mol. The van der Waals surface area contributed by atoms with Crippen molar-refractivity contribution in [3.63, 3.8) is 0 Å². The van der Waals surface area contributed by atoms with Crippen molar-refractivity contribution in [1.29, 1.82) is 0 Å². The van der Waals surface area contributed by atoms with Crippen LogP contribution in [0.25, 0.3) is 10.9 Å². The predicted octanol–water partition coefficient (Wildman–Crippen LogP) is 5.61. The Kier molecular flexibility index (Phi) is 6.09. The molecule has 33 heavy (non-hydrogen) atoms. The van der Waals surface area contributed by atoms with E-state index in [0.29, 0.717) is 15.9 Å². The van der Waals surface area contributed by atoms with Gasteiger partial charge in [0.25, 0.3) is 11.8 Å². The maximum Gasteiger partial charge on any atom is 0.335 e. The van der Waals surface area contributed by atoms with Crippen LogP contribution in [0.3, 0.4) is 0 Å². The largest absolute Gasteiger partial charge is 0.493 e. The van der Waals surface area contributed by atoms with E-state index < -0.39 is 23.7 Å². The van der Waals surface area contributed by atoms with E-state index in [4.69, 9.17) is 23.2 Å². The van der Waals surface area contributed by atoms with Crippen molar-refractivity contribution in [3.05, 3.63) is 93.5 Å². The van der Waals surface area contributed by atoms with Gasteiger partial charge in [-0.25, -0.2) is 9.36 Å². The highest BCUT2D eigenvalue weighted by Crippen LogP contribution is 2.37. The average Bonchev–Trinajstić information content (AvgIpc) is 3.06. The summed E-state index contributed by atoms with van der Waals surface area (Å²) in [5.41, 5.74) is 1.66. The van der Waals surface area contributed by atoms with E-state index in [1.54, 1.807) is 48.5 Å². The van der Waals surface area contributed by atoms with Gasteiger partial charge in [0.2, 0.25) is 5.88 Å². The zero-order valence-corrected chi connectivity index (χ0v) is 18.7. The molecule has 166 valence electrons. The summed E-state index contributed by atoms with van der Waals surface area (Å²) in [5, 5.41) is 16.7. The first kappa shape index (κ1) is 22.4. The fourth-order valence-electron chi connectivity index (χ4n) is 3.36. The topological polar surface area (TPSA) is 100 Å². The molecule has 0 saturated heterocycles. The molecule has 0 aliphatic heterocycles. The minimum Gasteiger partial charge on any atom is -0.493 e. The van der Waals surface area contributed by atoms with Crippen LogP contribution in [0.15, 0.2) is 66.7 Å². The van der Waals surface area contributed by atoms with Crippen LogP contribution >= 0.6 is 23.2 Å². The van der Waals surface area contributed by atoms with Crippen LogP contribution in [0.2, 0.25) is 10.0 Å². The number of hydrogen-bond acceptors (Lipinski definition) is 4. The van der Waals surface area contributed by atoms with Crippen molar-refractivity contribution in [2.75, 3.05) is 5.32 Å². The molecule has 0 aliphatic carbocycles. The first-order chi connectivity index (χ1) is 15.8. The number of carbonyl (C=O) groups is 3. The molecule has 3 amide bonds. The number of nitrogens with one attached hydrogen (secondary N) is 2. The zero-order valence-electron chi connectivity index (χ0n) is 17.2. The normalized spacial score (nSPS) is 10.8. The minimum atomic E-state index is -0.870. The molecule has 0 atom stereocenters. The maximum absolute atomic E-state index is 12.9. The molecular formula is C24H17Cl2N3O4. The lowest BCUT2D eigenvalue weighted by atomic mass is 10.1. The molecule has 0 fully saturated rings.